The maximum Gasteiger partial charge on any atom is 0.195 e. The van der Waals surface area contributed by atoms with Gasteiger partial charge in [0.05, 0.1) is 11.6 Å². The summed E-state index contributed by atoms with van der Waals surface area (Å²) < 4.78 is 6.85. The Balaban J connectivity index is 2.11. The zero-order valence-electron chi connectivity index (χ0n) is 11.1. The summed E-state index contributed by atoms with van der Waals surface area (Å²) in [4.78, 5) is 15.9. The summed E-state index contributed by atoms with van der Waals surface area (Å²) in [6, 6.07) is 11.1. The van der Waals surface area contributed by atoms with E-state index >= 15 is 0 Å². The highest BCUT2D eigenvalue weighted by Crippen LogP contribution is 2.31. The molecular weight excluding hydrogens is 398 g/mol. The number of hydrogen-bond acceptors (Lipinski definition) is 2. The van der Waals surface area contributed by atoms with Crippen LogP contribution in [0.1, 0.15) is 15.9 Å². The van der Waals surface area contributed by atoms with Crippen LogP contribution in [0.3, 0.4) is 0 Å². The van der Waals surface area contributed by atoms with E-state index in [0.29, 0.717) is 16.9 Å². The lowest BCUT2D eigenvalue weighted by Gasteiger charge is -2.06. The third-order valence-electron chi connectivity index (χ3n) is 3.31. The number of ether oxygens (including phenoxy) is 1. The van der Waals surface area contributed by atoms with Gasteiger partial charge in [0, 0.05) is 32.7 Å². The summed E-state index contributed by atoms with van der Waals surface area (Å²) in [6.45, 7) is 0. The normalized spacial score (nSPS) is 10.8. The molecule has 0 aliphatic carbocycles. The summed E-state index contributed by atoms with van der Waals surface area (Å²) in [5.41, 5.74) is 2.19. The van der Waals surface area contributed by atoms with Gasteiger partial charge in [0.2, 0.25) is 0 Å². The number of carbonyl (C=O) groups excluding carboxylic acids is 1. The van der Waals surface area contributed by atoms with Crippen LogP contribution in [0.25, 0.3) is 10.9 Å². The lowest BCUT2D eigenvalue weighted by atomic mass is 10.0. The predicted octanol–water partition coefficient (Wildman–Crippen LogP) is 4.93. The third kappa shape index (κ3) is 2.51. The molecule has 5 heteroatoms. The van der Waals surface area contributed by atoms with Gasteiger partial charge in [0.15, 0.2) is 5.78 Å². The van der Waals surface area contributed by atoms with Crippen LogP contribution in [-0.4, -0.2) is 17.9 Å². The number of fused-ring (bicyclic) bond motifs is 1. The highest BCUT2D eigenvalue weighted by atomic mass is 79.9. The molecule has 1 heterocycles. The van der Waals surface area contributed by atoms with Crippen molar-refractivity contribution in [2.45, 2.75) is 0 Å². The van der Waals surface area contributed by atoms with Crippen molar-refractivity contribution in [3.8, 4) is 5.75 Å². The summed E-state index contributed by atoms with van der Waals surface area (Å²) in [6.07, 6.45) is 1.75. The van der Waals surface area contributed by atoms with Crippen LogP contribution >= 0.6 is 31.9 Å². The zero-order valence-corrected chi connectivity index (χ0v) is 14.3. The molecule has 0 unspecified atom stereocenters. The first kappa shape index (κ1) is 14.4. The van der Waals surface area contributed by atoms with Crippen LogP contribution in [0.2, 0.25) is 0 Å². The van der Waals surface area contributed by atoms with Gasteiger partial charge in [-0.3, -0.25) is 4.79 Å². The zero-order chi connectivity index (χ0) is 15.0. The molecule has 0 atom stereocenters. The largest absolute Gasteiger partial charge is 0.496 e. The molecule has 3 nitrogen and oxygen atoms in total. The van der Waals surface area contributed by atoms with Gasteiger partial charge in [0.1, 0.15) is 5.75 Å². The van der Waals surface area contributed by atoms with E-state index in [4.69, 9.17) is 4.74 Å². The molecule has 0 bridgehead atoms. The van der Waals surface area contributed by atoms with Crippen molar-refractivity contribution in [3.05, 3.63) is 62.7 Å². The van der Waals surface area contributed by atoms with Crippen molar-refractivity contribution in [1.29, 1.82) is 0 Å². The number of aromatic nitrogens is 1. The first-order valence-corrected chi connectivity index (χ1v) is 7.84. The lowest BCUT2D eigenvalue weighted by Crippen LogP contribution is -2.01. The van der Waals surface area contributed by atoms with E-state index < -0.39 is 0 Å². The molecule has 106 valence electrons. The summed E-state index contributed by atoms with van der Waals surface area (Å²) in [7, 11) is 1.60. The van der Waals surface area contributed by atoms with E-state index in [0.717, 1.165) is 19.8 Å². The first-order chi connectivity index (χ1) is 10.1. The van der Waals surface area contributed by atoms with Crippen LogP contribution in [-0.2, 0) is 0 Å². The Morgan fingerprint density at radius 1 is 1.14 bits per heavy atom. The summed E-state index contributed by atoms with van der Waals surface area (Å²) >= 11 is 6.91. The number of rotatable bonds is 3. The Morgan fingerprint density at radius 2 is 1.95 bits per heavy atom. The molecule has 0 aliphatic rings. The Labute approximate surface area is 138 Å². The van der Waals surface area contributed by atoms with Crippen molar-refractivity contribution in [3.63, 3.8) is 0 Å². The Kier molecular flexibility index (Phi) is 3.87. The molecule has 3 aromatic rings. The van der Waals surface area contributed by atoms with Crippen LogP contribution < -0.4 is 4.74 Å². The van der Waals surface area contributed by atoms with Crippen LogP contribution in [0.4, 0.5) is 0 Å². The second-order valence-electron chi connectivity index (χ2n) is 4.54. The molecule has 0 fully saturated rings. The fourth-order valence-electron chi connectivity index (χ4n) is 2.28. The molecule has 0 saturated carbocycles. The van der Waals surface area contributed by atoms with E-state index in [1.54, 1.807) is 31.5 Å². The second kappa shape index (κ2) is 5.66. The van der Waals surface area contributed by atoms with Crippen LogP contribution in [0.15, 0.2) is 51.5 Å². The van der Waals surface area contributed by atoms with Gasteiger partial charge in [-0.1, -0.05) is 22.0 Å². The summed E-state index contributed by atoms with van der Waals surface area (Å²) in [5, 5.41) is 0.898. The molecule has 0 saturated heterocycles. The predicted molar refractivity (Wildman–Crippen MR) is 90.1 cm³/mol. The Morgan fingerprint density at radius 3 is 2.67 bits per heavy atom. The van der Waals surface area contributed by atoms with Gasteiger partial charge in [-0.05, 0) is 46.3 Å². The van der Waals surface area contributed by atoms with Crippen molar-refractivity contribution in [1.82, 2.24) is 4.98 Å². The van der Waals surface area contributed by atoms with Crippen molar-refractivity contribution in [2.24, 2.45) is 0 Å². The number of aromatic amines is 1. The van der Waals surface area contributed by atoms with Gasteiger partial charge in [-0.15, -0.1) is 0 Å². The van der Waals surface area contributed by atoms with E-state index in [9.17, 15) is 4.79 Å². The third-order valence-corrected chi connectivity index (χ3v) is 4.59. The Bertz CT molecular complexity index is 839. The topological polar surface area (TPSA) is 42.1 Å². The Hall–Kier alpha value is -1.59. The molecular formula is C16H11Br2NO2. The quantitative estimate of drug-likeness (QED) is 0.624. The van der Waals surface area contributed by atoms with Gasteiger partial charge in [-0.25, -0.2) is 0 Å². The van der Waals surface area contributed by atoms with Crippen molar-refractivity contribution >= 4 is 48.5 Å². The second-order valence-corrected chi connectivity index (χ2v) is 6.25. The number of hydrogen-bond donors (Lipinski definition) is 1. The molecule has 21 heavy (non-hydrogen) atoms. The molecule has 1 N–H and O–H groups in total. The molecule has 1 aromatic heterocycles. The molecule has 0 spiro atoms. The van der Waals surface area contributed by atoms with Gasteiger partial charge in [0.25, 0.3) is 0 Å². The average Bonchev–Trinajstić information content (AvgIpc) is 2.92. The minimum atomic E-state index is -0.0310. The minimum Gasteiger partial charge on any atom is -0.496 e. The molecule has 3 rings (SSSR count). The number of benzene rings is 2. The number of ketones is 1. The van der Waals surface area contributed by atoms with E-state index in [1.807, 2.05) is 18.2 Å². The number of H-pyrrole nitrogens is 1. The van der Waals surface area contributed by atoms with E-state index in [2.05, 4.69) is 36.8 Å². The molecule has 0 amide bonds. The van der Waals surface area contributed by atoms with E-state index in [1.165, 1.54) is 0 Å². The molecule has 0 aliphatic heterocycles. The number of nitrogens with one attached hydrogen (secondary N) is 1. The van der Waals surface area contributed by atoms with E-state index in [-0.39, 0.29) is 5.78 Å². The van der Waals surface area contributed by atoms with Crippen molar-refractivity contribution < 1.29 is 9.53 Å². The fraction of sp³-hybridized carbons (Fsp3) is 0.0625. The molecule has 0 radical (unpaired) electrons. The maximum atomic E-state index is 12.7. The number of halogens is 2. The highest BCUT2D eigenvalue weighted by molar-refractivity contribution is 9.11. The smallest absolute Gasteiger partial charge is 0.195 e. The van der Waals surface area contributed by atoms with Crippen molar-refractivity contribution in [2.75, 3.05) is 7.11 Å². The minimum absolute atomic E-state index is 0.0310. The highest BCUT2D eigenvalue weighted by Gasteiger charge is 2.17. The lowest BCUT2D eigenvalue weighted by molar-refractivity contribution is 0.104. The van der Waals surface area contributed by atoms with Crippen LogP contribution in [0.5, 0.6) is 5.75 Å². The van der Waals surface area contributed by atoms with Crippen LogP contribution in [0, 0.1) is 0 Å². The standard InChI is InChI=1S/C16H11Br2NO2/c1-21-14-6-5-9(7-12(14)18)16(20)10-8-19-13-4-2-3-11(17)15(10)13/h2-8,19H,1H3. The van der Waals surface area contributed by atoms with Gasteiger partial charge < -0.3 is 9.72 Å². The summed E-state index contributed by atoms with van der Waals surface area (Å²) in [5.74, 6) is 0.670. The molecule has 2 aromatic carbocycles. The number of methoxy groups -OCH3 is 1. The average molecular weight is 409 g/mol. The van der Waals surface area contributed by atoms with Gasteiger partial charge in [-0.2, -0.15) is 0 Å². The monoisotopic (exact) mass is 407 g/mol. The number of carbonyl (C=O) groups is 1. The van der Waals surface area contributed by atoms with Gasteiger partial charge >= 0.3 is 0 Å². The SMILES string of the molecule is COc1ccc(C(=O)c2c[nH]c3cccc(Br)c23)cc1Br. The maximum absolute atomic E-state index is 12.7. The first-order valence-electron chi connectivity index (χ1n) is 6.25. The fourth-order valence-corrected chi connectivity index (χ4v) is 3.40.